The number of nitrogens with zero attached hydrogens (tertiary/aromatic N) is 4. The van der Waals surface area contributed by atoms with E-state index < -0.39 is 56.1 Å². The van der Waals surface area contributed by atoms with Crippen LogP contribution in [0.25, 0.3) is 0 Å². The number of halogens is 5. The van der Waals surface area contributed by atoms with Crippen LogP contribution in [0.3, 0.4) is 0 Å². The molecule has 0 bridgehead atoms. The predicted molar refractivity (Wildman–Crippen MR) is 176 cm³/mol. The van der Waals surface area contributed by atoms with Crippen molar-refractivity contribution < 1.29 is 35.9 Å². The topological polar surface area (TPSA) is 143 Å². The molecule has 0 saturated carbocycles. The molecule has 1 unspecified atom stereocenters. The molecular formula is C31H35BrClF3N6O5S. The molecule has 3 aromatic heterocycles. The van der Waals surface area contributed by atoms with E-state index in [4.69, 9.17) is 16.3 Å². The number of alkyl halides is 3. The summed E-state index contributed by atoms with van der Waals surface area (Å²) in [5.74, 6) is -1.04. The number of carbonyl (C=O) groups excluding carboxylic acids is 2. The van der Waals surface area contributed by atoms with Gasteiger partial charge in [0.25, 0.3) is 15.9 Å². The van der Waals surface area contributed by atoms with Crippen LogP contribution in [0.2, 0.25) is 5.15 Å². The SMILES string of the molecule is CC(C)(C)OC(=O)N1C[C@@H](CCC(Nc2cccc(S(=O)(=O)NC(=O)c3ccc(Br)nc3Cl)n2)c2cccc(C(F)(F)F)n2)CC1(C)C. The second kappa shape index (κ2) is 14.2. The highest BCUT2D eigenvalue weighted by molar-refractivity contribution is 9.10. The molecule has 17 heteroatoms. The highest BCUT2D eigenvalue weighted by Gasteiger charge is 2.43. The van der Waals surface area contributed by atoms with E-state index in [-0.39, 0.29) is 34.6 Å². The number of pyridine rings is 3. The second-order valence-corrected chi connectivity index (χ2v) is 15.8. The molecule has 1 saturated heterocycles. The summed E-state index contributed by atoms with van der Waals surface area (Å²) in [6, 6.07) is 9.39. The Bertz CT molecular complexity index is 1790. The minimum atomic E-state index is -4.69. The van der Waals surface area contributed by atoms with E-state index >= 15 is 0 Å². The van der Waals surface area contributed by atoms with E-state index in [0.717, 1.165) is 12.1 Å². The summed E-state index contributed by atoms with van der Waals surface area (Å²) in [5.41, 5.74) is -2.41. The fourth-order valence-corrected chi connectivity index (χ4v) is 6.94. The number of hydrogen-bond donors (Lipinski definition) is 2. The second-order valence-electron chi connectivity index (χ2n) is 13.0. The first-order chi connectivity index (χ1) is 22.1. The first-order valence-corrected chi connectivity index (χ1v) is 17.5. The van der Waals surface area contributed by atoms with Crippen molar-refractivity contribution in [2.24, 2.45) is 5.92 Å². The molecule has 2 N–H and O–H groups in total. The van der Waals surface area contributed by atoms with Gasteiger partial charge in [0.15, 0.2) is 5.03 Å². The fourth-order valence-electron chi connectivity index (χ4n) is 5.35. The number of amides is 2. The molecule has 1 aliphatic rings. The van der Waals surface area contributed by atoms with Crippen LogP contribution < -0.4 is 10.0 Å². The number of rotatable bonds is 9. The summed E-state index contributed by atoms with van der Waals surface area (Å²) in [5, 5.41) is 2.29. The molecule has 0 spiro atoms. The molecule has 2 atom stereocenters. The van der Waals surface area contributed by atoms with E-state index in [1.807, 2.05) is 18.6 Å². The van der Waals surface area contributed by atoms with Crippen molar-refractivity contribution in [3.05, 3.63) is 75.2 Å². The highest BCUT2D eigenvalue weighted by Crippen LogP contribution is 2.38. The van der Waals surface area contributed by atoms with Crippen molar-refractivity contribution in [3.63, 3.8) is 0 Å². The van der Waals surface area contributed by atoms with Gasteiger partial charge in [-0.25, -0.2) is 24.5 Å². The lowest BCUT2D eigenvalue weighted by molar-refractivity contribution is -0.141. The standard InChI is InChI=1S/C31H35BrClF3N6O5S/c1-29(2,3)47-28(44)42-17-18(16-30(42,4)5)12-14-21(20-8-6-9-22(37-20)31(34,35)36)38-24-10-7-11-25(40-24)48(45,46)41-27(43)19-13-15-23(32)39-26(19)33/h6-11,13,15,18,21H,12,14,16-17H2,1-5H3,(H,38,40)(H,41,43)/t18-,21?/m0/s1. The van der Waals surface area contributed by atoms with Crippen LogP contribution in [0, 0.1) is 5.92 Å². The van der Waals surface area contributed by atoms with Crippen LogP contribution >= 0.6 is 27.5 Å². The Morgan fingerprint density at radius 2 is 1.77 bits per heavy atom. The summed E-state index contributed by atoms with van der Waals surface area (Å²) in [6.07, 6.45) is -3.77. The van der Waals surface area contributed by atoms with Crippen molar-refractivity contribution in [1.82, 2.24) is 24.6 Å². The molecule has 1 aliphatic heterocycles. The zero-order valence-electron chi connectivity index (χ0n) is 26.7. The van der Waals surface area contributed by atoms with E-state index in [1.54, 1.807) is 25.7 Å². The van der Waals surface area contributed by atoms with E-state index in [2.05, 4.69) is 36.2 Å². The number of likely N-dealkylation sites (tertiary alicyclic amines) is 1. The normalized spacial score (nSPS) is 17.1. The van der Waals surface area contributed by atoms with Crippen molar-refractivity contribution in [2.75, 3.05) is 11.9 Å². The molecule has 48 heavy (non-hydrogen) atoms. The Morgan fingerprint density at radius 1 is 1.08 bits per heavy atom. The van der Waals surface area contributed by atoms with Gasteiger partial charge < -0.3 is 15.0 Å². The maximum absolute atomic E-state index is 13.6. The predicted octanol–water partition coefficient (Wildman–Crippen LogP) is 7.39. The molecule has 3 aromatic rings. The van der Waals surface area contributed by atoms with Gasteiger partial charge >= 0.3 is 12.3 Å². The Labute approximate surface area is 290 Å². The lowest BCUT2D eigenvalue weighted by atomic mass is 9.91. The van der Waals surface area contributed by atoms with E-state index in [1.165, 1.54) is 36.4 Å². The number of anilines is 1. The van der Waals surface area contributed by atoms with Gasteiger partial charge in [-0.1, -0.05) is 23.7 Å². The van der Waals surface area contributed by atoms with Crippen LogP contribution in [0.5, 0.6) is 0 Å². The molecule has 0 aromatic carbocycles. The summed E-state index contributed by atoms with van der Waals surface area (Å²) >= 11 is 9.11. The fraction of sp³-hybridized carbons (Fsp3) is 0.452. The summed E-state index contributed by atoms with van der Waals surface area (Å²) in [6.45, 7) is 9.58. The Hall–Kier alpha value is -3.50. The van der Waals surface area contributed by atoms with Gasteiger partial charge in [-0.2, -0.15) is 21.6 Å². The first kappa shape index (κ1) is 37.3. The van der Waals surface area contributed by atoms with Gasteiger partial charge in [0.1, 0.15) is 26.9 Å². The number of aromatic nitrogens is 3. The summed E-state index contributed by atoms with van der Waals surface area (Å²) in [4.78, 5) is 39.2. The molecule has 260 valence electrons. The third-order valence-electron chi connectivity index (χ3n) is 7.46. The Balaban J connectivity index is 1.57. The number of hydrogen-bond acceptors (Lipinski definition) is 9. The molecule has 4 heterocycles. The van der Waals surface area contributed by atoms with Crippen molar-refractivity contribution in [2.45, 2.75) is 82.3 Å². The lowest BCUT2D eigenvalue weighted by Gasteiger charge is -2.33. The van der Waals surface area contributed by atoms with Crippen LogP contribution in [-0.4, -0.2) is 58.0 Å². The quantitative estimate of drug-likeness (QED) is 0.213. The van der Waals surface area contributed by atoms with Crippen molar-refractivity contribution in [3.8, 4) is 0 Å². The third kappa shape index (κ3) is 9.56. The third-order valence-corrected chi connectivity index (χ3v) is 9.42. The van der Waals surface area contributed by atoms with Gasteiger partial charge in [-0.05, 0) is 112 Å². The van der Waals surface area contributed by atoms with Gasteiger partial charge in [-0.3, -0.25) is 4.79 Å². The first-order valence-electron chi connectivity index (χ1n) is 14.8. The Morgan fingerprint density at radius 3 is 2.42 bits per heavy atom. The van der Waals surface area contributed by atoms with E-state index in [9.17, 15) is 31.2 Å². The summed E-state index contributed by atoms with van der Waals surface area (Å²) in [7, 11) is -4.51. The maximum atomic E-state index is 13.6. The van der Waals surface area contributed by atoms with Crippen LogP contribution in [0.4, 0.5) is 23.8 Å². The van der Waals surface area contributed by atoms with Gasteiger partial charge in [0.2, 0.25) is 0 Å². The molecule has 2 amide bonds. The minimum Gasteiger partial charge on any atom is -0.444 e. The molecule has 1 fully saturated rings. The molecule has 0 radical (unpaired) electrons. The number of carbonyl (C=O) groups is 2. The molecule has 0 aliphatic carbocycles. The summed E-state index contributed by atoms with van der Waals surface area (Å²) < 4.78 is 74.9. The monoisotopic (exact) mass is 774 g/mol. The van der Waals surface area contributed by atoms with Crippen molar-refractivity contribution >= 4 is 55.4 Å². The highest BCUT2D eigenvalue weighted by atomic mass is 79.9. The van der Waals surface area contributed by atoms with Crippen molar-refractivity contribution in [1.29, 1.82) is 0 Å². The molecular weight excluding hydrogens is 741 g/mol. The number of nitrogens with one attached hydrogen (secondary N) is 2. The zero-order chi connectivity index (χ0) is 35.7. The van der Waals surface area contributed by atoms with Gasteiger partial charge in [0.05, 0.1) is 17.3 Å². The zero-order valence-corrected chi connectivity index (χ0v) is 29.9. The number of ether oxygens (including phenoxy) is 1. The van der Waals surface area contributed by atoms with Crippen LogP contribution in [0.15, 0.2) is 58.2 Å². The average Bonchev–Trinajstić information content (AvgIpc) is 3.28. The lowest BCUT2D eigenvalue weighted by Crippen LogP contribution is -2.45. The molecule has 4 rings (SSSR count). The average molecular weight is 776 g/mol. The van der Waals surface area contributed by atoms with Crippen LogP contribution in [0.1, 0.15) is 81.7 Å². The van der Waals surface area contributed by atoms with Crippen LogP contribution in [-0.2, 0) is 20.9 Å². The maximum Gasteiger partial charge on any atom is 0.433 e. The smallest absolute Gasteiger partial charge is 0.433 e. The van der Waals surface area contributed by atoms with Gasteiger partial charge in [-0.15, -0.1) is 0 Å². The Kier molecular flexibility index (Phi) is 11.0. The number of sulfonamides is 1. The minimum absolute atomic E-state index is 0.0139. The van der Waals surface area contributed by atoms with Gasteiger partial charge in [0, 0.05) is 12.1 Å². The molecule has 11 nitrogen and oxygen atoms in total. The largest absolute Gasteiger partial charge is 0.444 e. The van der Waals surface area contributed by atoms with E-state index in [0.29, 0.717) is 24.0 Å².